The molecule has 1 rings (SSSR count). The number of carbonyl (C=O) groups excluding carboxylic acids is 2. The molecule has 106 valence electrons. The van der Waals surface area contributed by atoms with Gasteiger partial charge in [0.1, 0.15) is 0 Å². The molecule has 0 radical (unpaired) electrons. The summed E-state index contributed by atoms with van der Waals surface area (Å²) in [5, 5.41) is 7.92. The lowest BCUT2D eigenvalue weighted by atomic mass is 10.2. The van der Waals surface area contributed by atoms with Crippen molar-refractivity contribution < 1.29 is 14.3 Å². The topological polar surface area (TPSA) is 80.3 Å². The Labute approximate surface area is 116 Å². The molecule has 1 atom stereocenters. The van der Waals surface area contributed by atoms with Crippen LogP contribution in [-0.2, 0) is 20.7 Å². The van der Waals surface area contributed by atoms with Gasteiger partial charge in [-0.1, -0.05) is 6.92 Å². The second-order valence-corrected chi connectivity index (χ2v) is 4.93. The van der Waals surface area contributed by atoms with E-state index in [1.54, 1.807) is 19.4 Å². The van der Waals surface area contributed by atoms with Gasteiger partial charge in [-0.25, -0.2) is 4.98 Å². The number of nitrogens with zero attached hydrogens (tertiary/aromatic N) is 1. The van der Waals surface area contributed by atoms with Crippen molar-refractivity contribution in [3.05, 3.63) is 11.1 Å². The fraction of sp³-hybridized carbons (Fsp3) is 0.583. The van der Waals surface area contributed by atoms with E-state index >= 15 is 0 Å². The molecule has 1 amide bonds. The van der Waals surface area contributed by atoms with E-state index in [0.717, 1.165) is 0 Å². The van der Waals surface area contributed by atoms with Gasteiger partial charge in [-0.15, -0.1) is 11.3 Å². The fourth-order valence-electron chi connectivity index (χ4n) is 1.43. The first-order valence-corrected chi connectivity index (χ1v) is 7.00. The highest BCUT2D eigenvalue weighted by atomic mass is 32.1. The van der Waals surface area contributed by atoms with Gasteiger partial charge in [-0.2, -0.15) is 0 Å². The van der Waals surface area contributed by atoms with Crippen LogP contribution in [0.3, 0.4) is 0 Å². The van der Waals surface area contributed by atoms with E-state index in [1.807, 2.05) is 6.92 Å². The minimum atomic E-state index is -0.311. The predicted molar refractivity (Wildman–Crippen MR) is 74.2 cm³/mol. The van der Waals surface area contributed by atoms with Crippen LogP contribution in [-0.4, -0.2) is 37.1 Å². The van der Waals surface area contributed by atoms with Crippen molar-refractivity contribution in [1.82, 2.24) is 10.3 Å². The molecule has 6 nitrogen and oxygen atoms in total. The Kier molecular flexibility index (Phi) is 6.44. The molecule has 0 spiro atoms. The Balaban J connectivity index is 2.50. The molecule has 1 heterocycles. The van der Waals surface area contributed by atoms with Gasteiger partial charge < -0.3 is 15.4 Å². The maximum Gasteiger partial charge on any atom is 0.311 e. The summed E-state index contributed by atoms with van der Waals surface area (Å²) < 4.78 is 4.84. The zero-order valence-corrected chi connectivity index (χ0v) is 12.2. The molecule has 19 heavy (non-hydrogen) atoms. The molecule has 0 saturated carbocycles. The number of carbonyl (C=O) groups is 2. The van der Waals surface area contributed by atoms with Crippen LogP contribution >= 0.6 is 11.3 Å². The molecular formula is C12H19N3O3S. The van der Waals surface area contributed by atoms with Crippen molar-refractivity contribution >= 4 is 28.3 Å². The zero-order chi connectivity index (χ0) is 14.3. The van der Waals surface area contributed by atoms with Crippen molar-refractivity contribution in [3.8, 4) is 0 Å². The summed E-state index contributed by atoms with van der Waals surface area (Å²) in [5.74, 6) is -0.539. The van der Waals surface area contributed by atoms with E-state index in [-0.39, 0.29) is 24.2 Å². The Bertz CT molecular complexity index is 434. The van der Waals surface area contributed by atoms with Crippen molar-refractivity contribution in [1.29, 1.82) is 0 Å². The number of anilines is 1. The van der Waals surface area contributed by atoms with Crippen molar-refractivity contribution in [2.45, 2.75) is 20.3 Å². The van der Waals surface area contributed by atoms with Crippen LogP contribution in [0.25, 0.3) is 0 Å². The van der Waals surface area contributed by atoms with Crippen LogP contribution in [0, 0.1) is 5.92 Å². The molecule has 0 aliphatic rings. The van der Waals surface area contributed by atoms with Crippen LogP contribution < -0.4 is 10.6 Å². The van der Waals surface area contributed by atoms with E-state index < -0.39 is 0 Å². The number of hydrogen-bond acceptors (Lipinski definition) is 6. The van der Waals surface area contributed by atoms with Gasteiger partial charge in [-0.3, -0.25) is 9.59 Å². The summed E-state index contributed by atoms with van der Waals surface area (Å²) >= 11 is 1.30. The first kappa shape index (κ1) is 15.6. The van der Waals surface area contributed by atoms with Crippen molar-refractivity contribution in [2.75, 3.05) is 25.5 Å². The number of thiazole rings is 1. The number of amides is 1. The highest BCUT2D eigenvalue weighted by molar-refractivity contribution is 7.13. The van der Waals surface area contributed by atoms with Gasteiger partial charge in [-0.05, 0) is 14.0 Å². The number of ether oxygens (including phenoxy) is 1. The van der Waals surface area contributed by atoms with Crippen LogP contribution in [0.5, 0.6) is 0 Å². The Morgan fingerprint density at radius 3 is 2.89 bits per heavy atom. The third kappa shape index (κ3) is 5.35. The summed E-state index contributed by atoms with van der Waals surface area (Å²) in [6.07, 6.45) is 0.131. The van der Waals surface area contributed by atoms with Gasteiger partial charge in [0.25, 0.3) is 0 Å². The number of nitrogens with one attached hydrogen (secondary N) is 2. The van der Waals surface area contributed by atoms with Crippen LogP contribution in [0.4, 0.5) is 5.13 Å². The van der Waals surface area contributed by atoms with Crippen LogP contribution in [0.2, 0.25) is 0 Å². The summed E-state index contributed by atoms with van der Waals surface area (Å²) in [6.45, 7) is 4.55. The van der Waals surface area contributed by atoms with Gasteiger partial charge >= 0.3 is 5.97 Å². The van der Waals surface area contributed by atoms with Gasteiger partial charge in [0, 0.05) is 17.8 Å². The number of aromatic nitrogens is 1. The lowest BCUT2D eigenvalue weighted by molar-refractivity contribution is -0.142. The number of hydrogen-bond donors (Lipinski definition) is 2. The molecule has 1 aromatic heterocycles. The smallest absolute Gasteiger partial charge is 0.311 e. The minimum Gasteiger partial charge on any atom is -0.466 e. The maximum atomic E-state index is 11.8. The van der Waals surface area contributed by atoms with E-state index in [4.69, 9.17) is 4.74 Å². The zero-order valence-electron chi connectivity index (χ0n) is 11.4. The average Bonchev–Trinajstić information content (AvgIpc) is 2.77. The van der Waals surface area contributed by atoms with Crippen LogP contribution in [0.15, 0.2) is 5.38 Å². The molecule has 7 heteroatoms. The molecule has 0 aliphatic carbocycles. The molecule has 0 bridgehead atoms. The predicted octanol–water partition coefficient (Wildman–Crippen LogP) is 1.04. The van der Waals surface area contributed by atoms with Crippen LogP contribution in [0.1, 0.15) is 19.5 Å². The number of rotatable bonds is 7. The lowest BCUT2D eigenvalue weighted by Crippen LogP contribution is -2.28. The summed E-state index contributed by atoms with van der Waals surface area (Å²) in [4.78, 5) is 27.2. The van der Waals surface area contributed by atoms with Gasteiger partial charge in [0.15, 0.2) is 5.13 Å². The largest absolute Gasteiger partial charge is 0.466 e. The molecule has 1 unspecified atom stereocenters. The Morgan fingerprint density at radius 1 is 1.53 bits per heavy atom. The monoisotopic (exact) mass is 285 g/mol. The number of esters is 1. The molecule has 0 aliphatic heterocycles. The van der Waals surface area contributed by atoms with Gasteiger partial charge in [0.05, 0.1) is 18.7 Å². The second-order valence-electron chi connectivity index (χ2n) is 4.07. The van der Waals surface area contributed by atoms with E-state index in [1.165, 1.54) is 11.3 Å². The third-order valence-electron chi connectivity index (χ3n) is 2.37. The Morgan fingerprint density at radius 2 is 2.26 bits per heavy atom. The molecule has 0 fully saturated rings. The summed E-state index contributed by atoms with van der Waals surface area (Å²) in [5.41, 5.74) is 0.611. The second kappa shape index (κ2) is 7.85. The Hall–Kier alpha value is -1.47. The molecule has 0 aromatic carbocycles. The average molecular weight is 285 g/mol. The standard InChI is InChI=1S/C12H19N3O3S/c1-4-18-10(16)5-9-7-19-12(14-9)15-11(17)8(2)6-13-3/h7-8,13H,4-6H2,1-3H3,(H,14,15,17). The van der Waals surface area contributed by atoms with Gasteiger partial charge in [0.2, 0.25) is 5.91 Å². The highest BCUT2D eigenvalue weighted by Crippen LogP contribution is 2.16. The summed E-state index contributed by atoms with van der Waals surface area (Å²) in [6, 6.07) is 0. The lowest BCUT2D eigenvalue weighted by Gasteiger charge is -2.09. The van der Waals surface area contributed by atoms with E-state index in [9.17, 15) is 9.59 Å². The quantitative estimate of drug-likeness (QED) is 0.732. The van der Waals surface area contributed by atoms with Crippen molar-refractivity contribution in [2.24, 2.45) is 5.92 Å². The first-order valence-electron chi connectivity index (χ1n) is 6.12. The molecule has 0 saturated heterocycles. The van der Waals surface area contributed by atoms with E-state index in [0.29, 0.717) is 24.0 Å². The van der Waals surface area contributed by atoms with Crippen molar-refractivity contribution in [3.63, 3.8) is 0 Å². The third-order valence-corrected chi connectivity index (χ3v) is 3.18. The first-order chi connectivity index (χ1) is 9.06. The summed E-state index contributed by atoms with van der Waals surface area (Å²) in [7, 11) is 1.80. The maximum absolute atomic E-state index is 11.8. The fourth-order valence-corrected chi connectivity index (χ4v) is 2.15. The molecule has 1 aromatic rings. The van der Waals surface area contributed by atoms with E-state index in [2.05, 4.69) is 15.6 Å². The highest BCUT2D eigenvalue weighted by Gasteiger charge is 2.14. The minimum absolute atomic E-state index is 0.0913. The molecular weight excluding hydrogens is 266 g/mol. The normalized spacial score (nSPS) is 11.9. The molecule has 2 N–H and O–H groups in total. The SMILES string of the molecule is CCOC(=O)Cc1csc(NC(=O)C(C)CNC)n1.